The Kier molecular flexibility index (Phi) is 7.09. The molecule has 1 atom stereocenters. The van der Waals surface area contributed by atoms with Gasteiger partial charge < -0.3 is 34.3 Å². The van der Waals surface area contributed by atoms with Crippen molar-refractivity contribution in [2.24, 2.45) is 5.41 Å². The smallest absolute Gasteiger partial charge is 0.240 e. The summed E-state index contributed by atoms with van der Waals surface area (Å²) in [5.41, 5.74) is -0.342. The number of hydrogen-bond donors (Lipinski definition) is 2. The predicted octanol–water partition coefficient (Wildman–Crippen LogP) is 5.00. The van der Waals surface area contributed by atoms with E-state index in [1.54, 1.807) is 6.07 Å². The number of nitrogens with zero attached hydrogens (tertiary/aromatic N) is 2. The third-order valence-electron chi connectivity index (χ3n) is 7.64. The molecule has 13 heteroatoms. The maximum Gasteiger partial charge on any atom is 0.240 e. The zero-order chi connectivity index (χ0) is 30.3. The maximum absolute atomic E-state index is 15.3. The van der Waals surface area contributed by atoms with Crippen molar-refractivity contribution in [3.8, 4) is 28.9 Å². The minimum absolute atomic E-state index is 0.0394. The highest BCUT2D eigenvalue weighted by Gasteiger charge is 2.56. The van der Waals surface area contributed by atoms with Gasteiger partial charge in [-0.2, -0.15) is 0 Å². The van der Waals surface area contributed by atoms with E-state index < -0.39 is 28.9 Å². The van der Waals surface area contributed by atoms with Gasteiger partial charge in [0.1, 0.15) is 42.3 Å². The van der Waals surface area contributed by atoms with E-state index in [2.05, 4.69) is 20.6 Å². The summed E-state index contributed by atoms with van der Waals surface area (Å²) in [7, 11) is 0. The number of ether oxygens (including phenoxy) is 5. The summed E-state index contributed by atoms with van der Waals surface area (Å²) in [5.74, 6) is -1.26. The van der Waals surface area contributed by atoms with Crippen molar-refractivity contribution in [1.82, 2.24) is 9.97 Å². The molecule has 226 valence electrons. The van der Waals surface area contributed by atoms with Gasteiger partial charge in [0.15, 0.2) is 23.1 Å². The highest BCUT2D eigenvalue weighted by atomic mass is 19.1. The van der Waals surface area contributed by atoms with Crippen LogP contribution in [0.3, 0.4) is 0 Å². The fourth-order valence-corrected chi connectivity index (χ4v) is 5.11. The van der Waals surface area contributed by atoms with Crippen LogP contribution < -0.4 is 29.6 Å². The van der Waals surface area contributed by atoms with Gasteiger partial charge in [0, 0.05) is 29.9 Å². The molecule has 2 amide bonds. The molecule has 0 radical (unpaired) electrons. The molecular weight excluding hydrogens is 578 g/mol. The van der Waals surface area contributed by atoms with Crippen LogP contribution in [0.2, 0.25) is 0 Å². The first-order valence-corrected chi connectivity index (χ1v) is 14.1. The predicted molar refractivity (Wildman–Crippen MR) is 152 cm³/mol. The Morgan fingerprint density at radius 1 is 0.864 bits per heavy atom. The molecule has 1 saturated heterocycles. The summed E-state index contributed by atoms with van der Waals surface area (Å²) in [4.78, 5) is 34.5. The zero-order valence-corrected chi connectivity index (χ0v) is 23.2. The van der Waals surface area contributed by atoms with Crippen molar-refractivity contribution in [2.45, 2.75) is 25.4 Å². The quantitative estimate of drug-likeness (QED) is 0.267. The summed E-state index contributed by atoms with van der Waals surface area (Å²) < 4.78 is 57.7. The van der Waals surface area contributed by atoms with Gasteiger partial charge in [-0.25, -0.2) is 18.7 Å². The van der Waals surface area contributed by atoms with E-state index in [1.165, 1.54) is 42.7 Å². The third-order valence-corrected chi connectivity index (χ3v) is 7.64. The Morgan fingerprint density at radius 3 is 2.30 bits per heavy atom. The van der Waals surface area contributed by atoms with Crippen LogP contribution >= 0.6 is 0 Å². The van der Waals surface area contributed by atoms with E-state index in [0.29, 0.717) is 66.5 Å². The molecular formula is C31H26F2N4O7. The minimum Gasteiger partial charge on any atom is -0.485 e. The maximum atomic E-state index is 15.3. The lowest BCUT2D eigenvalue weighted by Crippen LogP contribution is -2.35. The van der Waals surface area contributed by atoms with Crippen LogP contribution in [0.4, 0.5) is 20.2 Å². The molecule has 1 unspecified atom stereocenters. The summed E-state index contributed by atoms with van der Waals surface area (Å²) in [6, 6.07) is 10.8. The molecule has 1 aromatic heterocycles. The second-order valence-electron chi connectivity index (χ2n) is 10.7. The Morgan fingerprint density at radius 2 is 1.59 bits per heavy atom. The van der Waals surface area contributed by atoms with Crippen molar-refractivity contribution >= 4 is 34.1 Å². The summed E-state index contributed by atoms with van der Waals surface area (Å²) in [6.45, 7) is 1.67. The van der Waals surface area contributed by atoms with Crippen molar-refractivity contribution in [3.05, 3.63) is 66.5 Å². The van der Waals surface area contributed by atoms with Gasteiger partial charge in [-0.15, -0.1) is 0 Å². The van der Waals surface area contributed by atoms with Gasteiger partial charge >= 0.3 is 0 Å². The number of fused-ring (bicyclic) bond motifs is 3. The molecule has 3 heterocycles. The third kappa shape index (κ3) is 5.30. The SMILES string of the molecule is O=C(Nc1ccc(F)cc1)C1(C(=O)Nc2ccc(Oc3ncnc4cc(OC5CCOC5)c5c(c34)OCCO5)c(F)c2)CC1. The van der Waals surface area contributed by atoms with Gasteiger partial charge in [-0.3, -0.25) is 9.59 Å². The zero-order valence-electron chi connectivity index (χ0n) is 23.2. The van der Waals surface area contributed by atoms with E-state index in [9.17, 15) is 14.0 Å². The molecule has 7 rings (SSSR count). The van der Waals surface area contributed by atoms with Crippen molar-refractivity contribution in [2.75, 3.05) is 37.1 Å². The molecule has 44 heavy (non-hydrogen) atoms. The molecule has 1 saturated carbocycles. The van der Waals surface area contributed by atoms with Gasteiger partial charge in [0.25, 0.3) is 0 Å². The molecule has 3 aromatic carbocycles. The largest absolute Gasteiger partial charge is 0.485 e. The number of anilines is 2. The van der Waals surface area contributed by atoms with Gasteiger partial charge in [-0.05, 0) is 49.2 Å². The van der Waals surface area contributed by atoms with Gasteiger partial charge in [0.05, 0.1) is 18.7 Å². The molecule has 2 fully saturated rings. The fraction of sp³-hybridized carbons (Fsp3) is 0.290. The van der Waals surface area contributed by atoms with Crippen molar-refractivity contribution in [1.29, 1.82) is 0 Å². The van der Waals surface area contributed by atoms with Gasteiger partial charge in [0.2, 0.25) is 23.4 Å². The number of aromatic nitrogens is 2. The lowest BCUT2D eigenvalue weighted by Gasteiger charge is -2.24. The lowest BCUT2D eigenvalue weighted by atomic mass is 10.0. The molecule has 11 nitrogen and oxygen atoms in total. The average molecular weight is 605 g/mol. The molecule has 0 bridgehead atoms. The molecule has 0 spiro atoms. The first-order valence-electron chi connectivity index (χ1n) is 14.1. The number of carbonyl (C=O) groups excluding carboxylic acids is 2. The van der Waals surface area contributed by atoms with E-state index in [0.717, 1.165) is 12.5 Å². The minimum atomic E-state index is -1.30. The average Bonchev–Trinajstić information content (AvgIpc) is 3.69. The Balaban J connectivity index is 1.09. The highest BCUT2D eigenvalue weighted by Crippen LogP contribution is 2.49. The Hall–Kier alpha value is -5.04. The summed E-state index contributed by atoms with van der Waals surface area (Å²) >= 11 is 0. The van der Waals surface area contributed by atoms with E-state index >= 15 is 4.39 Å². The lowest BCUT2D eigenvalue weighted by molar-refractivity contribution is -0.131. The molecule has 1 aliphatic carbocycles. The number of benzene rings is 3. The summed E-state index contributed by atoms with van der Waals surface area (Å²) in [6.07, 6.45) is 2.55. The first-order chi connectivity index (χ1) is 21.4. The Bertz CT molecular complexity index is 1760. The Labute approximate surface area is 249 Å². The van der Waals surface area contributed by atoms with Gasteiger partial charge in [-0.1, -0.05) is 0 Å². The van der Waals surface area contributed by atoms with Crippen molar-refractivity contribution in [3.63, 3.8) is 0 Å². The van der Waals surface area contributed by atoms with E-state index in [1.807, 2.05) is 0 Å². The van der Waals surface area contributed by atoms with E-state index in [4.69, 9.17) is 23.7 Å². The van der Waals surface area contributed by atoms with Crippen LogP contribution in [0.25, 0.3) is 10.9 Å². The number of halogens is 2. The van der Waals surface area contributed by atoms with Crippen LogP contribution in [-0.2, 0) is 14.3 Å². The topological polar surface area (TPSA) is 130 Å². The van der Waals surface area contributed by atoms with Crippen molar-refractivity contribution < 1.29 is 42.1 Å². The van der Waals surface area contributed by atoms with Crippen LogP contribution in [0.15, 0.2) is 54.9 Å². The number of carbonyl (C=O) groups is 2. The number of rotatable bonds is 8. The summed E-state index contributed by atoms with van der Waals surface area (Å²) in [5, 5.41) is 5.64. The molecule has 3 aliphatic rings. The molecule has 2 aliphatic heterocycles. The highest BCUT2D eigenvalue weighted by molar-refractivity contribution is 6.16. The second kappa shape index (κ2) is 11.2. The molecule has 4 aromatic rings. The second-order valence-corrected chi connectivity index (χ2v) is 10.7. The standard InChI is InChI=1S/C31H26F2N4O7/c32-17-1-3-18(4-2-17)36-29(38)31(8-9-31)30(39)37-19-5-6-23(21(33)13-19)44-28-25-22(34-16-35-28)14-24(43-20-7-10-40-15-20)26-27(25)42-12-11-41-26/h1-6,13-14,16,20H,7-12,15H2,(H,36,38)(H,37,39). The normalized spacial score (nSPS) is 18.0. The van der Waals surface area contributed by atoms with Crippen LogP contribution in [0.1, 0.15) is 19.3 Å². The van der Waals surface area contributed by atoms with Crippen LogP contribution in [0, 0.1) is 17.0 Å². The first kappa shape index (κ1) is 27.8. The van der Waals surface area contributed by atoms with E-state index in [-0.39, 0.29) is 30.0 Å². The van der Waals surface area contributed by atoms with Crippen LogP contribution in [-0.4, -0.2) is 54.3 Å². The fourth-order valence-electron chi connectivity index (χ4n) is 5.11. The van der Waals surface area contributed by atoms with Crippen LogP contribution in [0.5, 0.6) is 28.9 Å². The monoisotopic (exact) mass is 604 g/mol. The number of hydrogen-bond acceptors (Lipinski definition) is 9. The number of amides is 2. The number of nitrogens with one attached hydrogen (secondary N) is 2. The molecule has 2 N–H and O–H groups in total.